The fourth-order valence-electron chi connectivity index (χ4n) is 1.54. The first-order valence-electron chi connectivity index (χ1n) is 4.89. The van der Waals surface area contributed by atoms with Gasteiger partial charge in [-0.3, -0.25) is 5.84 Å². The Morgan fingerprint density at radius 2 is 2.19 bits per heavy atom. The minimum absolute atomic E-state index is 0.0896. The lowest BCUT2D eigenvalue weighted by Crippen LogP contribution is -2.27. The van der Waals surface area contributed by atoms with Crippen molar-refractivity contribution in [3.8, 4) is 0 Å². The molecule has 3 N–H and O–H groups in total. The Morgan fingerprint density at radius 3 is 2.62 bits per heavy atom. The number of hydrazine groups is 1. The zero-order valence-electron chi connectivity index (χ0n) is 9.08. The van der Waals surface area contributed by atoms with Crippen molar-refractivity contribution in [1.82, 2.24) is 5.43 Å². The SMILES string of the molecule is Cc1cc(C(NN)c2sccc2Br)sc1C. The average Bonchev–Trinajstić information content (AvgIpc) is 2.78. The quantitative estimate of drug-likeness (QED) is 0.668. The van der Waals surface area contributed by atoms with Crippen LogP contribution in [0.5, 0.6) is 0 Å². The van der Waals surface area contributed by atoms with Gasteiger partial charge in [0.2, 0.25) is 0 Å². The molecule has 1 atom stereocenters. The lowest BCUT2D eigenvalue weighted by Gasteiger charge is -2.12. The Bertz CT molecular complexity index is 470. The number of hydrogen-bond acceptors (Lipinski definition) is 4. The fourth-order valence-corrected chi connectivity index (χ4v) is 4.41. The first-order chi connectivity index (χ1) is 7.63. The van der Waals surface area contributed by atoms with E-state index in [2.05, 4.69) is 52.7 Å². The Morgan fingerprint density at radius 1 is 1.44 bits per heavy atom. The van der Waals surface area contributed by atoms with Gasteiger partial charge in [0.05, 0.1) is 6.04 Å². The zero-order chi connectivity index (χ0) is 11.7. The Kier molecular flexibility index (Phi) is 3.81. The molecule has 0 aromatic carbocycles. The van der Waals surface area contributed by atoms with Crippen molar-refractivity contribution in [1.29, 1.82) is 0 Å². The lowest BCUT2D eigenvalue weighted by atomic mass is 10.2. The number of aryl methyl sites for hydroxylation is 2. The smallest absolute Gasteiger partial charge is 0.0905 e. The minimum atomic E-state index is 0.0896. The van der Waals surface area contributed by atoms with Crippen molar-refractivity contribution in [3.05, 3.63) is 42.2 Å². The molecule has 0 radical (unpaired) electrons. The van der Waals surface area contributed by atoms with Crippen LogP contribution in [0.3, 0.4) is 0 Å². The van der Waals surface area contributed by atoms with E-state index in [1.165, 1.54) is 20.2 Å². The van der Waals surface area contributed by atoms with Crippen LogP contribution < -0.4 is 11.3 Å². The molecule has 0 saturated carbocycles. The van der Waals surface area contributed by atoms with Gasteiger partial charge >= 0.3 is 0 Å². The summed E-state index contributed by atoms with van der Waals surface area (Å²) in [6, 6.07) is 4.35. The Balaban J connectivity index is 2.40. The monoisotopic (exact) mass is 316 g/mol. The fraction of sp³-hybridized carbons (Fsp3) is 0.273. The van der Waals surface area contributed by atoms with E-state index in [-0.39, 0.29) is 6.04 Å². The van der Waals surface area contributed by atoms with E-state index in [1.54, 1.807) is 22.7 Å². The van der Waals surface area contributed by atoms with E-state index in [4.69, 9.17) is 5.84 Å². The molecule has 0 bridgehead atoms. The topological polar surface area (TPSA) is 38.0 Å². The summed E-state index contributed by atoms with van der Waals surface area (Å²) in [4.78, 5) is 3.84. The number of thiophene rings is 2. The number of nitrogens with one attached hydrogen (secondary N) is 1. The van der Waals surface area contributed by atoms with Crippen LogP contribution in [0.25, 0.3) is 0 Å². The largest absolute Gasteiger partial charge is 0.271 e. The molecule has 2 aromatic heterocycles. The highest BCUT2D eigenvalue weighted by atomic mass is 79.9. The Hall–Kier alpha value is -0.200. The summed E-state index contributed by atoms with van der Waals surface area (Å²) in [5.41, 5.74) is 4.22. The van der Waals surface area contributed by atoms with Gasteiger partial charge in [-0.15, -0.1) is 22.7 Å². The maximum absolute atomic E-state index is 5.67. The van der Waals surface area contributed by atoms with Crippen LogP contribution in [0.2, 0.25) is 0 Å². The molecule has 5 heteroatoms. The Labute approximate surface area is 112 Å². The summed E-state index contributed by atoms with van der Waals surface area (Å²) in [5, 5.41) is 2.07. The van der Waals surface area contributed by atoms with Crippen molar-refractivity contribution in [3.63, 3.8) is 0 Å². The van der Waals surface area contributed by atoms with Crippen molar-refractivity contribution >= 4 is 38.6 Å². The molecule has 0 saturated heterocycles. The highest BCUT2D eigenvalue weighted by Crippen LogP contribution is 2.36. The second-order valence-electron chi connectivity index (χ2n) is 3.62. The highest BCUT2D eigenvalue weighted by Gasteiger charge is 2.19. The van der Waals surface area contributed by atoms with Crippen LogP contribution in [0, 0.1) is 13.8 Å². The molecule has 2 heterocycles. The molecule has 2 nitrogen and oxygen atoms in total. The van der Waals surface area contributed by atoms with E-state index in [9.17, 15) is 0 Å². The average molecular weight is 317 g/mol. The predicted octanol–water partition coefficient (Wildman–Crippen LogP) is 3.74. The van der Waals surface area contributed by atoms with Gasteiger partial charge in [-0.2, -0.15) is 0 Å². The summed E-state index contributed by atoms with van der Waals surface area (Å²) < 4.78 is 1.11. The van der Waals surface area contributed by atoms with Gasteiger partial charge in [-0.25, -0.2) is 5.43 Å². The number of hydrogen-bond donors (Lipinski definition) is 2. The van der Waals surface area contributed by atoms with Gasteiger partial charge in [0, 0.05) is 19.1 Å². The second kappa shape index (κ2) is 4.98. The first kappa shape index (κ1) is 12.3. The van der Waals surface area contributed by atoms with Crippen molar-refractivity contribution in [2.75, 3.05) is 0 Å². The molecule has 0 fully saturated rings. The second-order valence-corrected chi connectivity index (χ2v) is 6.71. The summed E-state index contributed by atoms with van der Waals surface area (Å²) in [6.07, 6.45) is 0. The standard InChI is InChI=1S/C11H13BrN2S2/c1-6-5-9(16-7(6)2)10(14-13)11-8(12)3-4-15-11/h3-5,10,14H,13H2,1-2H3. The molecule has 0 aliphatic carbocycles. The molecule has 0 aliphatic rings. The maximum atomic E-state index is 5.67. The summed E-state index contributed by atoms with van der Waals surface area (Å²) >= 11 is 7.06. The van der Waals surface area contributed by atoms with Crippen molar-refractivity contribution < 1.29 is 0 Å². The van der Waals surface area contributed by atoms with Crippen molar-refractivity contribution in [2.24, 2.45) is 5.84 Å². The first-order valence-corrected chi connectivity index (χ1v) is 7.38. The molecule has 1 unspecified atom stereocenters. The van der Waals surface area contributed by atoms with Gasteiger partial charge in [-0.05, 0) is 52.9 Å². The maximum Gasteiger partial charge on any atom is 0.0905 e. The number of nitrogens with two attached hydrogens (primary N) is 1. The highest BCUT2D eigenvalue weighted by molar-refractivity contribution is 9.10. The molecule has 0 amide bonds. The number of halogens is 1. The van der Waals surface area contributed by atoms with Crippen LogP contribution in [-0.2, 0) is 0 Å². The van der Waals surface area contributed by atoms with Crippen LogP contribution in [0.4, 0.5) is 0 Å². The lowest BCUT2D eigenvalue weighted by molar-refractivity contribution is 0.654. The molecule has 0 aliphatic heterocycles. The van der Waals surface area contributed by atoms with Crippen LogP contribution in [0.15, 0.2) is 22.0 Å². The van der Waals surface area contributed by atoms with E-state index in [0.29, 0.717) is 0 Å². The normalized spacial score (nSPS) is 13.0. The van der Waals surface area contributed by atoms with E-state index < -0.39 is 0 Å². The summed E-state index contributed by atoms with van der Waals surface area (Å²) in [6.45, 7) is 4.27. The third-order valence-corrected chi connectivity index (χ3v) is 5.70. The van der Waals surface area contributed by atoms with Gasteiger partial charge < -0.3 is 0 Å². The van der Waals surface area contributed by atoms with Crippen LogP contribution >= 0.6 is 38.6 Å². The molecule has 0 spiro atoms. The minimum Gasteiger partial charge on any atom is -0.271 e. The van der Waals surface area contributed by atoms with Gasteiger partial charge in [-0.1, -0.05) is 0 Å². The van der Waals surface area contributed by atoms with Crippen LogP contribution in [-0.4, -0.2) is 0 Å². The summed E-state index contributed by atoms with van der Waals surface area (Å²) in [5.74, 6) is 5.67. The summed E-state index contributed by atoms with van der Waals surface area (Å²) in [7, 11) is 0. The van der Waals surface area contributed by atoms with E-state index in [0.717, 1.165) is 4.47 Å². The van der Waals surface area contributed by atoms with Gasteiger partial charge in [0.1, 0.15) is 0 Å². The molecule has 2 aromatic rings. The third kappa shape index (κ3) is 2.24. The molecule has 86 valence electrons. The predicted molar refractivity (Wildman–Crippen MR) is 75.0 cm³/mol. The van der Waals surface area contributed by atoms with E-state index in [1.807, 2.05) is 0 Å². The molecular weight excluding hydrogens is 304 g/mol. The third-order valence-electron chi connectivity index (χ3n) is 2.54. The molecule has 16 heavy (non-hydrogen) atoms. The van der Waals surface area contributed by atoms with Crippen LogP contribution in [0.1, 0.15) is 26.2 Å². The van der Waals surface area contributed by atoms with Gasteiger partial charge in [0.25, 0.3) is 0 Å². The van der Waals surface area contributed by atoms with Gasteiger partial charge in [0.15, 0.2) is 0 Å². The van der Waals surface area contributed by atoms with E-state index >= 15 is 0 Å². The van der Waals surface area contributed by atoms with Crippen molar-refractivity contribution in [2.45, 2.75) is 19.9 Å². The zero-order valence-corrected chi connectivity index (χ0v) is 12.3. The number of rotatable bonds is 3. The molecule has 2 rings (SSSR count). The molecular formula is C11H13BrN2S2.